The molecule has 15 heavy (non-hydrogen) atoms. The summed E-state index contributed by atoms with van der Waals surface area (Å²) in [6, 6.07) is 3.28. The topological polar surface area (TPSA) is 124 Å². The van der Waals surface area contributed by atoms with Crippen molar-refractivity contribution >= 4 is 5.97 Å². The van der Waals surface area contributed by atoms with E-state index in [1.165, 1.54) is 25.1 Å². The number of aromatic hydroxyl groups is 3. The van der Waals surface area contributed by atoms with Gasteiger partial charge in [-0.1, -0.05) is 6.07 Å². The Morgan fingerprint density at radius 3 is 1.80 bits per heavy atom. The Balaban J connectivity index is 0.000000288. The van der Waals surface area contributed by atoms with Crippen molar-refractivity contribution < 1.29 is 25.2 Å². The minimum Gasteiger partial charge on any atom is -0.504 e. The summed E-state index contributed by atoms with van der Waals surface area (Å²) in [6.07, 6.45) is 0. The van der Waals surface area contributed by atoms with E-state index in [9.17, 15) is 4.79 Å². The summed E-state index contributed by atoms with van der Waals surface area (Å²) >= 11 is 0. The molecule has 1 rings (SSSR count). The van der Waals surface area contributed by atoms with E-state index in [-0.39, 0.29) is 11.5 Å². The third-order valence-electron chi connectivity index (χ3n) is 1.38. The van der Waals surface area contributed by atoms with Crippen molar-refractivity contribution in [3.05, 3.63) is 18.2 Å². The predicted molar refractivity (Wildman–Crippen MR) is 52.7 cm³/mol. The lowest BCUT2D eigenvalue weighted by Crippen LogP contribution is -2.25. The number of hydrogen-bond acceptors (Lipinski definition) is 5. The molecule has 84 valence electrons. The van der Waals surface area contributed by atoms with Crippen LogP contribution >= 0.6 is 0 Å². The molecule has 0 saturated carbocycles. The van der Waals surface area contributed by atoms with Crippen molar-refractivity contribution in [2.24, 2.45) is 5.73 Å². The lowest BCUT2D eigenvalue weighted by molar-refractivity contribution is -0.138. The highest BCUT2D eigenvalue weighted by molar-refractivity contribution is 5.72. The molecule has 0 aliphatic carbocycles. The van der Waals surface area contributed by atoms with E-state index < -0.39 is 17.8 Å². The summed E-state index contributed by atoms with van der Waals surface area (Å²) < 4.78 is 0. The normalized spacial score (nSPS) is 11.1. The van der Waals surface area contributed by atoms with Crippen molar-refractivity contribution in [1.29, 1.82) is 0 Å². The standard InChI is InChI=1S/C6H6O3.C3H7NO2/c7-4-2-1-3-5(8)6(4)9;1-2(4)3(5)6/h1-3,7-9H;2H,4H2,1H3,(H,5,6). The van der Waals surface area contributed by atoms with Crippen molar-refractivity contribution in [2.75, 3.05) is 0 Å². The average molecular weight is 215 g/mol. The van der Waals surface area contributed by atoms with Crippen LogP contribution in [0.2, 0.25) is 0 Å². The Hall–Kier alpha value is -1.95. The first-order valence-electron chi connectivity index (χ1n) is 4.04. The Bertz CT molecular complexity index is 317. The van der Waals surface area contributed by atoms with Crippen LogP contribution < -0.4 is 5.73 Å². The monoisotopic (exact) mass is 215 g/mol. The van der Waals surface area contributed by atoms with Crippen LogP contribution in [0.15, 0.2) is 18.2 Å². The highest BCUT2D eigenvalue weighted by Gasteiger charge is 2.01. The first kappa shape index (κ1) is 13.1. The molecule has 0 amide bonds. The number of benzene rings is 1. The highest BCUT2D eigenvalue weighted by Crippen LogP contribution is 2.32. The number of para-hydroxylation sites is 1. The zero-order chi connectivity index (χ0) is 12.0. The Morgan fingerprint density at radius 2 is 1.60 bits per heavy atom. The van der Waals surface area contributed by atoms with E-state index in [0.717, 1.165) is 0 Å². The molecule has 6 N–H and O–H groups in total. The third kappa shape index (κ3) is 4.72. The fourth-order valence-corrected chi connectivity index (χ4v) is 0.519. The minimum absolute atomic E-state index is 0.310. The number of phenolic OH excluding ortho intramolecular Hbond substituents is 3. The molecule has 0 spiro atoms. The summed E-state index contributed by atoms with van der Waals surface area (Å²) in [4.78, 5) is 9.57. The van der Waals surface area contributed by atoms with Gasteiger partial charge < -0.3 is 26.2 Å². The Kier molecular flexibility index (Phi) is 4.97. The molecule has 1 aromatic rings. The van der Waals surface area contributed by atoms with Crippen LogP contribution in [-0.4, -0.2) is 32.4 Å². The molecule has 0 saturated heterocycles. The molecular weight excluding hydrogens is 202 g/mol. The molecule has 6 heteroatoms. The molecule has 1 unspecified atom stereocenters. The van der Waals surface area contributed by atoms with Gasteiger partial charge in [0.2, 0.25) is 0 Å². The zero-order valence-corrected chi connectivity index (χ0v) is 8.08. The third-order valence-corrected chi connectivity index (χ3v) is 1.38. The van der Waals surface area contributed by atoms with Crippen LogP contribution in [0, 0.1) is 0 Å². The van der Waals surface area contributed by atoms with E-state index in [1.807, 2.05) is 0 Å². The van der Waals surface area contributed by atoms with Crippen molar-refractivity contribution in [3.8, 4) is 17.2 Å². The maximum Gasteiger partial charge on any atom is 0.320 e. The zero-order valence-electron chi connectivity index (χ0n) is 8.08. The summed E-state index contributed by atoms with van der Waals surface area (Å²) in [6.45, 7) is 1.42. The molecule has 0 aliphatic rings. The maximum absolute atomic E-state index is 9.57. The summed E-state index contributed by atoms with van der Waals surface area (Å²) in [5.74, 6) is -2.06. The molecule has 0 aromatic heterocycles. The van der Waals surface area contributed by atoms with Crippen LogP contribution in [-0.2, 0) is 4.79 Å². The number of carboxylic acids is 1. The second-order valence-corrected chi connectivity index (χ2v) is 2.77. The lowest BCUT2D eigenvalue weighted by atomic mass is 10.3. The first-order valence-corrected chi connectivity index (χ1v) is 4.04. The van der Waals surface area contributed by atoms with Gasteiger partial charge in [-0.25, -0.2) is 0 Å². The second-order valence-electron chi connectivity index (χ2n) is 2.77. The van der Waals surface area contributed by atoms with E-state index >= 15 is 0 Å². The summed E-state index contributed by atoms with van der Waals surface area (Å²) in [7, 11) is 0. The molecular formula is C9H13NO5. The van der Waals surface area contributed by atoms with E-state index in [4.69, 9.17) is 26.2 Å². The van der Waals surface area contributed by atoms with Gasteiger partial charge in [0, 0.05) is 0 Å². The molecule has 0 aliphatic heterocycles. The van der Waals surface area contributed by atoms with Gasteiger partial charge in [0.25, 0.3) is 0 Å². The summed E-state index contributed by atoms with van der Waals surface area (Å²) in [5.41, 5.74) is 4.84. The Labute approximate surface area is 86.2 Å². The number of nitrogens with two attached hydrogens (primary N) is 1. The van der Waals surface area contributed by atoms with Gasteiger partial charge >= 0.3 is 5.97 Å². The first-order chi connectivity index (χ1) is 6.86. The van der Waals surface area contributed by atoms with Gasteiger partial charge in [-0.2, -0.15) is 0 Å². The van der Waals surface area contributed by atoms with Crippen LogP contribution in [0.4, 0.5) is 0 Å². The molecule has 6 nitrogen and oxygen atoms in total. The molecule has 0 radical (unpaired) electrons. The van der Waals surface area contributed by atoms with E-state index in [1.54, 1.807) is 0 Å². The number of aliphatic carboxylic acids is 1. The van der Waals surface area contributed by atoms with Crippen molar-refractivity contribution in [2.45, 2.75) is 13.0 Å². The van der Waals surface area contributed by atoms with Gasteiger partial charge in [-0.05, 0) is 19.1 Å². The minimum atomic E-state index is -0.963. The average Bonchev–Trinajstić information content (AvgIpc) is 2.15. The number of hydrogen-bond donors (Lipinski definition) is 5. The fraction of sp³-hybridized carbons (Fsp3) is 0.222. The molecule has 0 fully saturated rings. The number of carboxylic acid groups (broad SMARTS) is 1. The summed E-state index contributed by atoms with van der Waals surface area (Å²) in [5, 5.41) is 34.0. The van der Waals surface area contributed by atoms with Crippen LogP contribution in [0.5, 0.6) is 17.2 Å². The van der Waals surface area contributed by atoms with Crippen molar-refractivity contribution in [1.82, 2.24) is 0 Å². The van der Waals surface area contributed by atoms with Gasteiger partial charge in [-0.3, -0.25) is 4.79 Å². The number of carbonyl (C=O) groups is 1. The molecule has 0 bridgehead atoms. The Morgan fingerprint density at radius 1 is 1.27 bits per heavy atom. The fourth-order valence-electron chi connectivity index (χ4n) is 0.519. The van der Waals surface area contributed by atoms with E-state index in [2.05, 4.69) is 0 Å². The lowest BCUT2D eigenvalue weighted by Gasteiger charge is -1.96. The second kappa shape index (κ2) is 5.71. The highest BCUT2D eigenvalue weighted by atomic mass is 16.4. The van der Waals surface area contributed by atoms with Crippen LogP contribution in [0.25, 0.3) is 0 Å². The van der Waals surface area contributed by atoms with Crippen LogP contribution in [0.3, 0.4) is 0 Å². The van der Waals surface area contributed by atoms with Gasteiger partial charge in [0.05, 0.1) is 0 Å². The largest absolute Gasteiger partial charge is 0.504 e. The number of phenols is 3. The van der Waals surface area contributed by atoms with Crippen molar-refractivity contribution in [3.63, 3.8) is 0 Å². The van der Waals surface area contributed by atoms with Crippen LogP contribution in [0.1, 0.15) is 6.92 Å². The quantitative estimate of drug-likeness (QED) is 0.427. The van der Waals surface area contributed by atoms with E-state index in [0.29, 0.717) is 0 Å². The SMILES string of the molecule is CC(N)C(=O)O.Oc1cccc(O)c1O. The van der Waals surface area contributed by atoms with Gasteiger partial charge in [0.1, 0.15) is 6.04 Å². The molecule has 1 atom stereocenters. The molecule has 0 heterocycles. The number of rotatable bonds is 1. The predicted octanol–water partition coefficient (Wildman–Crippen LogP) is 0.222. The van der Waals surface area contributed by atoms with Gasteiger partial charge in [0.15, 0.2) is 17.2 Å². The smallest absolute Gasteiger partial charge is 0.320 e. The maximum atomic E-state index is 9.57. The molecule has 1 aromatic carbocycles. The van der Waals surface area contributed by atoms with Gasteiger partial charge in [-0.15, -0.1) is 0 Å².